The first-order valence-corrected chi connectivity index (χ1v) is 11.2. The van der Waals surface area contributed by atoms with Crippen molar-refractivity contribution in [2.45, 2.75) is 43.3 Å². The lowest BCUT2D eigenvalue weighted by Crippen LogP contribution is -2.39. The Hall–Kier alpha value is -2.74. The standard InChI is InChI=1S/C22H26N4O3S/c1-25(16-7-4-3-5-8-16)20(27)15-30-22-24-23-21(19-9-6-14-29-19)26(22)17-10-12-18(28-2)13-11-17/h6,9-14,16H,3-5,7-8,15H2,1-2H3. The zero-order chi connectivity index (χ0) is 20.9. The number of ether oxygens (including phenoxy) is 1. The molecule has 0 saturated heterocycles. The number of aromatic nitrogens is 3. The fourth-order valence-corrected chi connectivity index (χ4v) is 4.67. The van der Waals surface area contributed by atoms with Gasteiger partial charge in [-0.2, -0.15) is 0 Å². The van der Waals surface area contributed by atoms with Crippen LogP contribution in [0.25, 0.3) is 17.3 Å². The van der Waals surface area contributed by atoms with E-state index in [1.165, 1.54) is 31.0 Å². The van der Waals surface area contributed by atoms with E-state index in [4.69, 9.17) is 9.15 Å². The lowest BCUT2D eigenvalue weighted by atomic mass is 9.94. The molecule has 4 rings (SSSR count). The number of benzene rings is 1. The molecule has 1 amide bonds. The Morgan fingerprint density at radius 3 is 2.63 bits per heavy atom. The first-order chi connectivity index (χ1) is 14.7. The van der Waals surface area contributed by atoms with Gasteiger partial charge in [0.15, 0.2) is 10.9 Å². The molecule has 0 atom stereocenters. The Kier molecular flexibility index (Phi) is 6.42. The molecule has 1 fully saturated rings. The number of hydrogen-bond donors (Lipinski definition) is 0. The molecular weight excluding hydrogens is 400 g/mol. The van der Waals surface area contributed by atoms with Crippen LogP contribution in [0.1, 0.15) is 32.1 Å². The summed E-state index contributed by atoms with van der Waals surface area (Å²) in [6.07, 6.45) is 7.47. The van der Waals surface area contributed by atoms with Gasteiger partial charge in [-0.1, -0.05) is 31.0 Å². The van der Waals surface area contributed by atoms with Crippen molar-refractivity contribution in [3.63, 3.8) is 0 Å². The van der Waals surface area contributed by atoms with Crippen LogP contribution in [0.15, 0.2) is 52.2 Å². The van der Waals surface area contributed by atoms with E-state index in [0.717, 1.165) is 24.3 Å². The fourth-order valence-electron chi connectivity index (χ4n) is 3.79. The van der Waals surface area contributed by atoms with E-state index in [9.17, 15) is 4.79 Å². The van der Waals surface area contributed by atoms with E-state index < -0.39 is 0 Å². The molecule has 158 valence electrons. The van der Waals surface area contributed by atoms with Gasteiger partial charge in [0, 0.05) is 13.1 Å². The molecule has 30 heavy (non-hydrogen) atoms. The van der Waals surface area contributed by atoms with Crippen LogP contribution < -0.4 is 4.74 Å². The van der Waals surface area contributed by atoms with Crippen LogP contribution in [-0.4, -0.2) is 51.5 Å². The summed E-state index contributed by atoms with van der Waals surface area (Å²) in [5.41, 5.74) is 0.878. The van der Waals surface area contributed by atoms with Crippen LogP contribution in [-0.2, 0) is 4.79 Å². The molecule has 8 heteroatoms. The number of furan rings is 1. The highest BCUT2D eigenvalue weighted by Crippen LogP contribution is 2.30. The van der Waals surface area contributed by atoms with Gasteiger partial charge in [-0.3, -0.25) is 9.36 Å². The van der Waals surface area contributed by atoms with Crippen molar-refractivity contribution in [3.05, 3.63) is 42.7 Å². The second-order valence-electron chi connectivity index (χ2n) is 7.40. The molecule has 1 saturated carbocycles. The first-order valence-electron chi connectivity index (χ1n) is 10.2. The van der Waals surface area contributed by atoms with Gasteiger partial charge < -0.3 is 14.1 Å². The van der Waals surface area contributed by atoms with Gasteiger partial charge in [0.2, 0.25) is 11.7 Å². The highest BCUT2D eigenvalue weighted by molar-refractivity contribution is 7.99. The molecule has 1 aliphatic rings. The molecule has 2 heterocycles. The van der Waals surface area contributed by atoms with E-state index >= 15 is 0 Å². The van der Waals surface area contributed by atoms with Gasteiger partial charge >= 0.3 is 0 Å². The van der Waals surface area contributed by atoms with Crippen molar-refractivity contribution in [1.82, 2.24) is 19.7 Å². The van der Waals surface area contributed by atoms with Crippen molar-refractivity contribution < 1.29 is 13.9 Å². The van der Waals surface area contributed by atoms with Gasteiger partial charge in [0.25, 0.3) is 0 Å². The summed E-state index contributed by atoms with van der Waals surface area (Å²) in [6.45, 7) is 0. The van der Waals surface area contributed by atoms with Gasteiger partial charge in [-0.05, 0) is 49.2 Å². The number of nitrogens with zero attached hydrogens (tertiary/aromatic N) is 4. The maximum atomic E-state index is 12.8. The third kappa shape index (κ3) is 4.38. The molecule has 0 radical (unpaired) electrons. The third-order valence-electron chi connectivity index (χ3n) is 5.55. The van der Waals surface area contributed by atoms with Gasteiger partial charge in [-0.15, -0.1) is 10.2 Å². The summed E-state index contributed by atoms with van der Waals surface area (Å²) in [7, 11) is 3.55. The van der Waals surface area contributed by atoms with Crippen LogP contribution in [0.5, 0.6) is 5.75 Å². The van der Waals surface area contributed by atoms with Crippen LogP contribution in [0, 0.1) is 0 Å². The molecule has 0 bridgehead atoms. The average molecular weight is 427 g/mol. The summed E-state index contributed by atoms with van der Waals surface area (Å²) < 4.78 is 12.7. The number of amides is 1. The van der Waals surface area contributed by atoms with Crippen molar-refractivity contribution >= 4 is 17.7 Å². The molecule has 0 N–H and O–H groups in total. The maximum absolute atomic E-state index is 12.8. The highest BCUT2D eigenvalue weighted by Gasteiger charge is 2.24. The average Bonchev–Trinajstić information content (AvgIpc) is 3.47. The van der Waals surface area contributed by atoms with E-state index in [1.807, 2.05) is 52.9 Å². The summed E-state index contributed by atoms with van der Waals surface area (Å²) >= 11 is 1.40. The molecule has 0 spiro atoms. The second kappa shape index (κ2) is 9.38. The molecule has 2 aromatic heterocycles. The number of carbonyl (C=O) groups is 1. The summed E-state index contributed by atoms with van der Waals surface area (Å²) in [4.78, 5) is 14.7. The zero-order valence-electron chi connectivity index (χ0n) is 17.3. The number of hydrogen-bond acceptors (Lipinski definition) is 6. The molecule has 0 aliphatic heterocycles. The highest BCUT2D eigenvalue weighted by atomic mass is 32.2. The van der Waals surface area contributed by atoms with Crippen molar-refractivity contribution in [3.8, 4) is 23.0 Å². The third-order valence-corrected chi connectivity index (χ3v) is 6.46. The van der Waals surface area contributed by atoms with Gasteiger partial charge in [-0.25, -0.2) is 0 Å². The predicted molar refractivity (Wildman–Crippen MR) is 116 cm³/mol. The SMILES string of the molecule is COc1ccc(-n2c(SCC(=O)N(C)C3CCCCC3)nnc2-c2ccco2)cc1. The largest absolute Gasteiger partial charge is 0.497 e. The maximum Gasteiger partial charge on any atom is 0.233 e. The lowest BCUT2D eigenvalue weighted by molar-refractivity contribution is -0.129. The zero-order valence-corrected chi connectivity index (χ0v) is 18.1. The minimum absolute atomic E-state index is 0.121. The molecule has 1 aromatic carbocycles. The van der Waals surface area contributed by atoms with Crippen LogP contribution in [0.3, 0.4) is 0 Å². The summed E-state index contributed by atoms with van der Waals surface area (Å²) in [5.74, 6) is 2.43. The fraction of sp³-hybridized carbons (Fsp3) is 0.409. The van der Waals surface area contributed by atoms with Crippen molar-refractivity contribution in [2.24, 2.45) is 0 Å². The smallest absolute Gasteiger partial charge is 0.233 e. The Morgan fingerprint density at radius 1 is 1.20 bits per heavy atom. The Balaban J connectivity index is 1.56. The van der Waals surface area contributed by atoms with E-state index in [2.05, 4.69) is 10.2 Å². The molecule has 1 aliphatic carbocycles. The second-order valence-corrected chi connectivity index (χ2v) is 8.34. The predicted octanol–water partition coefficient (Wildman–Crippen LogP) is 4.42. The molecule has 3 aromatic rings. The van der Waals surface area contributed by atoms with Crippen LogP contribution in [0.2, 0.25) is 0 Å². The first kappa shape index (κ1) is 20.5. The number of thioether (sulfide) groups is 1. The van der Waals surface area contributed by atoms with Gasteiger partial charge in [0.05, 0.1) is 24.8 Å². The van der Waals surface area contributed by atoms with Crippen LogP contribution in [0.4, 0.5) is 0 Å². The molecule has 0 unspecified atom stereocenters. The summed E-state index contributed by atoms with van der Waals surface area (Å²) in [6, 6.07) is 11.7. The van der Waals surface area contributed by atoms with E-state index in [1.54, 1.807) is 13.4 Å². The summed E-state index contributed by atoms with van der Waals surface area (Å²) in [5, 5.41) is 9.33. The number of rotatable bonds is 7. The Bertz CT molecular complexity index is 963. The quantitative estimate of drug-likeness (QED) is 0.521. The normalized spacial score (nSPS) is 14.6. The lowest BCUT2D eigenvalue weighted by Gasteiger charge is -2.31. The van der Waals surface area contributed by atoms with Crippen LogP contribution >= 0.6 is 11.8 Å². The van der Waals surface area contributed by atoms with E-state index in [-0.39, 0.29) is 5.91 Å². The molecular formula is C22H26N4O3S. The Labute approximate surface area is 180 Å². The van der Waals surface area contributed by atoms with Gasteiger partial charge in [0.1, 0.15) is 5.75 Å². The topological polar surface area (TPSA) is 73.4 Å². The number of carbonyl (C=O) groups excluding carboxylic acids is 1. The van der Waals surface area contributed by atoms with E-state index in [0.29, 0.717) is 28.5 Å². The minimum Gasteiger partial charge on any atom is -0.497 e. The minimum atomic E-state index is 0.121. The monoisotopic (exact) mass is 426 g/mol. The number of methoxy groups -OCH3 is 1. The molecule has 7 nitrogen and oxygen atoms in total. The Morgan fingerprint density at radius 2 is 1.97 bits per heavy atom. The van der Waals surface area contributed by atoms with Crippen molar-refractivity contribution in [1.29, 1.82) is 0 Å². The van der Waals surface area contributed by atoms with Crippen molar-refractivity contribution in [2.75, 3.05) is 19.9 Å².